The fourth-order valence-corrected chi connectivity index (χ4v) is 5.22. The smallest absolute Gasteiger partial charge is 0.406 e. The number of alkyl halides is 3. The molecule has 1 saturated heterocycles. The molecule has 1 atom stereocenters. The minimum absolute atomic E-state index is 0.0964. The maximum absolute atomic E-state index is 12.8. The summed E-state index contributed by atoms with van der Waals surface area (Å²) >= 11 is 0. The lowest BCUT2D eigenvalue weighted by Gasteiger charge is -2.33. The lowest BCUT2D eigenvalue weighted by molar-refractivity contribution is -0.274. The summed E-state index contributed by atoms with van der Waals surface area (Å²) in [4.78, 5) is 2.48. The van der Waals surface area contributed by atoms with E-state index in [9.17, 15) is 13.2 Å². The Kier molecular flexibility index (Phi) is 8.56. The number of aromatic nitrogens is 1. The van der Waals surface area contributed by atoms with Crippen molar-refractivity contribution in [2.24, 2.45) is 11.5 Å². The lowest BCUT2D eigenvalue weighted by atomic mass is 9.97. The Morgan fingerprint density at radius 2 is 1.94 bits per heavy atom. The van der Waals surface area contributed by atoms with Crippen molar-refractivity contribution < 1.29 is 17.9 Å². The van der Waals surface area contributed by atoms with Gasteiger partial charge in [0.05, 0.1) is 0 Å². The van der Waals surface area contributed by atoms with Crippen molar-refractivity contribution in [2.75, 3.05) is 26.2 Å². The molecule has 4 rings (SSSR count). The van der Waals surface area contributed by atoms with Crippen LogP contribution in [0, 0.1) is 0 Å². The van der Waals surface area contributed by atoms with Crippen LogP contribution in [0.2, 0.25) is 0 Å². The van der Waals surface area contributed by atoms with Gasteiger partial charge in [0.25, 0.3) is 0 Å². The maximum atomic E-state index is 12.8. The zero-order valence-corrected chi connectivity index (χ0v) is 20.8. The molecule has 0 aliphatic carbocycles. The summed E-state index contributed by atoms with van der Waals surface area (Å²) in [6, 6.07) is 11.4. The van der Waals surface area contributed by atoms with Gasteiger partial charge >= 0.3 is 6.36 Å². The largest absolute Gasteiger partial charge is 0.573 e. The number of halogens is 3. The Balaban J connectivity index is 1.70. The molecular weight excluding hydrogens is 467 g/mol. The van der Waals surface area contributed by atoms with Gasteiger partial charge in [-0.15, -0.1) is 13.2 Å². The monoisotopic (exact) mass is 503 g/mol. The van der Waals surface area contributed by atoms with Gasteiger partial charge in [-0.2, -0.15) is 0 Å². The second-order valence-electron chi connectivity index (χ2n) is 9.43. The number of nitrogens with zero attached hydrogens (tertiary/aromatic N) is 2. The molecule has 0 bridgehead atoms. The van der Waals surface area contributed by atoms with E-state index in [1.165, 1.54) is 30.5 Å². The molecule has 3 aromatic rings. The van der Waals surface area contributed by atoms with Crippen molar-refractivity contribution in [1.29, 1.82) is 0 Å². The molecule has 0 amide bonds. The van der Waals surface area contributed by atoms with E-state index in [0.717, 1.165) is 61.2 Å². The van der Waals surface area contributed by atoms with Crippen molar-refractivity contribution in [3.8, 4) is 16.9 Å². The number of aryl methyl sites for hydroxylation is 1. The number of fused-ring (bicyclic) bond motifs is 1. The standard InChI is InChI=1S/C27H36F3N5O/c1-2-33-21-5-3-11-34(17-21)16-19-6-9-26-24(13-19)25(18-35(26)12-4-10-31)23-8-7-22(14-20(23)15-32)36-27(28,29)30/h6-9,13-14,18,21,33H,2-5,10-12,15-17,31-32H2,1H3. The van der Waals surface area contributed by atoms with Crippen LogP contribution in [0.5, 0.6) is 5.75 Å². The van der Waals surface area contributed by atoms with Crippen LogP contribution in [0.25, 0.3) is 22.0 Å². The van der Waals surface area contributed by atoms with E-state index < -0.39 is 6.36 Å². The molecule has 1 aromatic heterocycles. The molecule has 1 aliphatic rings. The molecule has 1 fully saturated rings. The molecule has 1 unspecified atom stereocenters. The van der Waals surface area contributed by atoms with Gasteiger partial charge in [0.2, 0.25) is 0 Å². The van der Waals surface area contributed by atoms with Crippen molar-refractivity contribution in [3.63, 3.8) is 0 Å². The Morgan fingerprint density at radius 3 is 2.67 bits per heavy atom. The van der Waals surface area contributed by atoms with Gasteiger partial charge in [0, 0.05) is 54.9 Å². The predicted molar refractivity (Wildman–Crippen MR) is 138 cm³/mol. The number of rotatable bonds is 10. The molecule has 0 saturated carbocycles. The van der Waals surface area contributed by atoms with E-state index in [1.54, 1.807) is 6.07 Å². The van der Waals surface area contributed by atoms with Crippen LogP contribution in [-0.4, -0.2) is 48.1 Å². The first kappa shape index (κ1) is 26.5. The topological polar surface area (TPSA) is 81.5 Å². The zero-order valence-electron chi connectivity index (χ0n) is 20.8. The van der Waals surface area contributed by atoms with Gasteiger partial charge in [-0.3, -0.25) is 4.90 Å². The molecule has 0 radical (unpaired) electrons. The van der Waals surface area contributed by atoms with Gasteiger partial charge in [0.15, 0.2) is 0 Å². The SMILES string of the molecule is CCNC1CCCN(Cc2ccc3c(c2)c(-c2ccc(OC(F)(F)F)cc2CN)cn3CCCN)C1. The van der Waals surface area contributed by atoms with Crippen molar-refractivity contribution in [3.05, 3.63) is 53.7 Å². The van der Waals surface area contributed by atoms with Crippen LogP contribution >= 0.6 is 0 Å². The summed E-state index contributed by atoms with van der Waals surface area (Å²) in [5, 5.41) is 4.63. The quantitative estimate of drug-likeness (QED) is 0.377. The number of likely N-dealkylation sites (tertiary alicyclic amines) is 1. The molecule has 1 aliphatic heterocycles. The first-order valence-electron chi connectivity index (χ1n) is 12.7. The Labute approximate surface area is 210 Å². The van der Waals surface area contributed by atoms with Gasteiger partial charge in [-0.1, -0.05) is 19.1 Å². The Bertz CT molecular complexity index is 1160. The highest BCUT2D eigenvalue weighted by Crippen LogP contribution is 2.36. The number of nitrogens with one attached hydrogen (secondary N) is 1. The number of benzene rings is 2. The second kappa shape index (κ2) is 11.6. The molecule has 2 heterocycles. The molecule has 6 nitrogen and oxygen atoms in total. The minimum Gasteiger partial charge on any atom is -0.406 e. The number of ether oxygens (including phenoxy) is 1. The number of hydrogen-bond donors (Lipinski definition) is 3. The Morgan fingerprint density at radius 1 is 1.11 bits per heavy atom. The summed E-state index contributed by atoms with van der Waals surface area (Å²) < 4.78 is 44.6. The number of nitrogens with two attached hydrogens (primary N) is 2. The van der Waals surface area contributed by atoms with Crippen molar-refractivity contribution in [1.82, 2.24) is 14.8 Å². The summed E-state index contributed by atoms with van der Waals surface area (Å²) in [6.45, 7) is 7.49. The van der Waals surface area contributed by atoms with E-state index >= 15 is 0 Å². The first-order valence-corrected chi connectivity index (χ1v) is 12.7. The third kappa shape index (κ3) is 6.39. The molecule has 0 spiro atoms. The fraction of sp³-hybridized carbons (Fsp3) is 0.481. The third-order valence-corrected chi connectivity index (χ3v) is 6.77. The highest BCUT2D eigenvalue weighted by atomic mass is 19.4. The molecule has 36 heavy (non-hydrogen) atoms. The van der Waals surface area contributed by atoms with E-state index in [2.05, 4.69) is 50.8 Å². The van der Waals surface area contributed by atoms with Crippen LogP contribution in [0.4, 0.5) is 13.2 Å². The van der Waals surface area contributed by atoms with Gasteiger partial charge in [0.1, 0.15) is 5.75 Å². The summed E-state index contributed by atoms with van der Waals surface area (Å²) in [5.41, 5.74) is 16.4. The van der Waals surface area contributed by atoms with Crippen molar-refractivity contribution >= 4 is 10.9 Å². The molecular formula is C27H36F3N5O. The third-order valence-electron chi connectivity index (χ3n) is 6.77. The molecule has 9 heteroatoms. The summed E-state index contributed by atoms with van der Waals surface area (Å²) in [5.74, 6) is -0.264. The highest BCUT2D eigenvalue weighted by molar-refractivity contribution is 5.97. The minimum atomic E-state index is -4.75. The van der Waals surface area contributed by atoms with Crippen molar-refractivity contribution in [2.45, 2.75) is 58.2 Å². The second-order valence-corrected chi connectivity index (χ2v) is 9.43. The van der Waals surface area contributed by atoms with E-state index in [4.69, 9.17) is 11.5 Å². The highest BCUT2D eigenvalue weighted by Gasteiger charge is 2.31. The van der Waals surface area contributed by atoms with Gasteiger partial charge < -0.3 is 26.1 Å². The molecule has 5 N–H and O–H groups in total. The zero-order chi connectivity index (χ0) is 25.7. The van der Waals surface area contributed by atoms with E-state index in [0.29, 0.717) is 18.2 Å². The van der Waals surface area contributed by atoms with Crippen LogP contribution in [0.1, 0.15) is 37.3 Å². The summed E-state index contributed by atoms with van der Waals surface area (Å²) in [7, 11) is 0. The average Bonchev–Trinajstić information content (AvgIpc) is 3.19. The average molecular weight is 504 g/mol. The van der Waals surface area contributed by atoms with Crippen LogP contribution in [0.15, 0.2) is 42.6 Å². The molecule has 196 valence electrons. The van der Waals surface area contributed by atoms with Gasteiger partial charge in [-0.25, -0.2) is 0 Å². The van der Waals surface area contributed by atoms with Crippen LogP contribution < -0.4 is 21.5 Å². The van der Waals surface area contributed by atoms with E-state index in [1.807, 2.05) is 0 Å². The number of likely N-dealkylation sites (N-methyl/N-ethyl adjacent to an activating group) is 1. The summed E-state index contributed by atoms with van der Waals surface area (Å²) in [6.07, 6.45) is 0.512. The number of hydrogen-bond acceptors (Lipinski definition) is 5. The van der Waals surface area contributed by atoms with Crippen LogP contribution in [-0.2, 0) is 19.6 Å². The number of piperidine rings is 1. The van der Waals surface area contributed by atoms with Crippen LogP contribution in [0.3, 0.4) is 0 Å². The van der Waals surface area contributed by atoms with Gasteiger partial charge in [-0.05, 0) is 79.9 Å². The predicted octanol–water partition coefficient (Wildman–Crippen LogP) is 4.59. The Hall–Kier alpha value is -2.59. The van der Waals surface area contributed by atoms with E-state index in [-0.39, 0.29) is 12.3 Å². The molecule has 2 aromatic carbocycles. The first-order chi connectivity index (χ1) is 17.3. The normalized spacial score (nSPS) is 17.1. The maximum Gasteiger partial charge on any atom is 0.573 e. The fourth-order valence-electron chi connectivity index (χ4n) is 5.22. The lowest BCUT2D eigenvalue weighted by Crippen LogP contribution is -2.45.